The van der Waals surface area contributed by atoms with Gasteiger partial charge in [0.25, 0.3) is 0 Å². The molecule has 0 unspecified atom stereocenters. The molecule has 0 bridgehead atoms. The van der Waals surface area contributed by atoms with Crippen LogP contribution in [0.15, 0.2) is 55.1 Å². The Balaban J connectivity index is 1.93. The topological polar surface area (TPSA) is 51.6 Å². The molecule has 0 aliphatic rings. The zero-order chi connectivity index (χ0) is 13.1. The first-order valence-corrected chi connectivity index (χ1v) is 5.99. The Hall–Kier alpha value is -2.62. The lowest BCUT2D eigenvalue weighted by Gasteiger charge is -2.02. The minimum Gasteiger partial charge on any atom is -0.256 e. The Bertz CT molecular complexity index is 661. The van der Waals surface area contributed by atoms with Crippen LogP contribution in [0.3, 0.4) is 0 Å². The average Bonchev–Trinajstić information content (AvgIpc) is 2.49. The van der Waals surface area contributed by atoms with Gasteiger partial charge in [-0.25, -0.2) is 9.97 Å². The average molecular weight is 248 g/mol. The maximum absolute atomic E-state index is 4.39. The highest BCUT2D eigenvalue weighted by Crippen LogP contribution is 2.18. The summed E-state index contributed by atoms with van der Waals surface area (Å²) < 4.78 is 0. The van der Waals surface area contributed by atoms with Crippen LogP contribution in [0.4, 0.5) is 0 Å². The van der Waals surface area contributed by atoms with Crippen LogP contribution in [-0.2, 0) is 0 Å². The van der Waals surface area contributed by atoms with Crippen LogP contribution in [0.5, 0.6) is 0 Å². The lowest BCUT2D eigenvalue weighted by molar-refractivity contribution is 1.11. The molecular weight excluding hydrogens is 236 g/mol. The van der Waals surface area contributed by atoms with Crippen LogP contribution in [0.1, 0.15) is 5.56 Å². The summed E-state index contributed by atoms with van der Waals surface area (Å²) in [7, 11) is 0. The van der Waals surface area contributed by atoms with E-state index in [9.17, 15) is 0 Å². The van der Waals surface area contributed by atoms with Gasteiger partial charge in [-0.15, -0.1) is 0 Å². The molecule has 0 fully saturated rings. The van der Waals surface area contributed by atoms with Crippen LogP contribution in [-0.4, -0.2) is 19.9 Å². The lowest BCUT2D eigenvalue weighted by Crippen LogP contribution is -1.92. The fourth-order valence-corrected chi connectivity index (χ4v) is 1.74. The third kappa shape index (κ3) is 2.47. The number of hydrogen-bond donors (Lipinski definition) is 0. The minimum absolute atomic E-state index is 0.637. The monoisotopic (exact) mass is 248 g/mol. The second-order valence-corrected chi connectivity index (χ2v) is 4.23. The molecule has 92 valence electrons. The Morgan fingerprint density at radius 2 is 1.58 bits per heavy atom. The molecule has 0 saturated carbocycles. The van der Waals surface area contributed by atoms with Crippen LogP contribution in [0, 0.1) is 6.92 Å². The van der Waals surface area contributed by atoms with Crippen molar-refractivity contribution in [2.75, 3.05) is 0 Å². The fourth-order valence-electron chi connectivity index (χ4n) is 1.74. The van der Waals surface area contributed by atoms with Gasteiger partial charge in [0.1, 0.15) is 5.69 Å². The van der Waals surface area contributed by atoms with E-state index in [0.717, 1.165) is 22.5 Å². The molecule has 0 radical (unpaired) electrons. The van der Waals surface area contributed by atoms with Crippen molar-refractivity contribution in [3.8, 4) is 22.8 Å². The van der Waals surface area contributed by atoms with E-state index in [1.54, 1.807) is 24.8 Å². The van der Waals surface area contributed by atoms with Gasteiger partial charge in [-0.05, 0) is 36.8 Å². The largest absolute Gasteiger partial charge is 0.256 e. The highest BCUT2D eigenvalue weighted by atomic mass is 14.9. The summed E-state index contributed by atoms with van der Waals surface area (Å²) in [6.07, 6.45) is 7.14. The summed E-state index contributed by atoms with van der Waals surface area (Å²) in [4.78, 5) is 17.2. The van der Waals surface area contributed by atoms with Crippen molar-refractivity contribution in [3.05, 3.63) is 60.7 Å². The van der Waals surface area contributed by atoms with Gasteiger partial charge in [0, 0.05) is 30.4 Å². The van der Waals surface area contributed by atoms with Crippen LogP contribution >= 0.6 is 0 Å². The Labute approximate surface area is 111 Å². The number of aromatic nitrogens is 4. The van der Waals surface area contributed by atoms with Crippen molar-refractivity contribution >= 4 is 0 Å². The maximum atomic E-state index is 4.39. The highest BCUT2D eigenvalue weighted by molar-refractivity contribution is 5.60. The third-order valence-electron chi connectivity index (χ3n) is 2.73. The Morgan fingerprint density at radius 1 is 0.737 bits per heavy atom. The summed E-state index contributed by atoms with van der Waals surface area (Å²) in [5.74, 6) is 0.637. The molecule has 3 rings (SSSR count). The number of nitrogens with zero attached hydrogens (tertiary/aromatic N) is 4. The van der Waals surface area contributed by atoms with E-state index in [2.05, 4.69) is 19.9 Å². The quantitative estimate of drug-likeness (QED) is 0.699. The highest BCUT2D eigenvalue weighted by Gasteiger charge is 2.04. The number of rotatable bonds is 2. The number of hydrogen-bond acceptors (Lipinski definition) is 4. The SMILES string of the molecule is Cc1cnc(-c2ccc(-c3ccccn3)cn2)nc1. The molecule has 0 spiro atoms. The first-order chi connectivity index (χ1) is 9.33. The summed E-state index contributed by atoms with van der Waals surface area (Å²) >= 11 is 0. The van der Waals surface area contributed by atoms with Crippen LogP contribution < -0.4 is 0 Å². The number of aryl methyl sites for hydroxylation is 1. The molecule has 0 N–H and O–H groups in total. The van der Waals surface area contributed by atoms with Crippen molar-refractivity contribution in [1.29, 1.82) is 0 Å². The smallest absolute Gasteiger partial charge is 0.178 e. The Morgan fingerprint density at radius 3 is 2.21 bits per heavy atom. The standard InChI is InChI=1S/C15H12N4/c1-11-8-18-15(19-9-11)14-6-5-12(10-17-14)13-4-2-3-7-16-13/h2-10H,1H3. The van der Waals surface area contributed by atoms with Gasteiger partial charge >= 0.3 is 0 Å². The third-order valence-corrected chi connectivity index (χ3v) is 2.73. The summed E-state index contributed by atoms with van der Waals surface area (Å²) in [5.41, 5.74) is 3.69. The molecular formula is C15H12N4. The molecule has 0 aliphatic heterocycles. The summed E-state index contributed by atoms with van der Waals surface area (Å²) in [5, 5.41) is 0. The van der Waals surface area contributed by atoms with Crippen LogP contribution in [0.2, 0.25) is 0 Å². The molecule has 4 heteroatoms. The molecule has 0 saturated heterocycles. The van der Waals surface area contributed by atoms with Crippen molar-refractivity contribution in [3.63, 3.8) is 0 Å². The fraction of sp³-hybridized carbons (Fsp3) is 0.0667. The molecule has 3 aromatic heterocycles. The van der Waals surface area contributed by atoms with E-state index in [0.29, 0.717) is 5.82 Å². The van der Waals surface area contributed by atoms with Gasteiger partial charge in [-0.3, -0.25) is 9.97 Å². The minimum atomic E-state index is 0.637. The van der Waals surface area contributed by atoms with Crippen LogP contribution in [0.25, 0.3) is 22.8 Å². The number of pyridine rings is 2. The summed E-state index contributed by atoms with van der Waals surface area (Å²) in [6.45, 7) is 1.96. The molecule has 0 aliphatic carbocycles. The molecule has 0 atom stereocenters. The zero-order valence-electron chi connectivity index (χ0n) is 10.5. The molecule has 19 heavy (non-hydrogen) atoms. The molecule has 3 heterocycles. The molecule has 3 aromatic rings. The lowest BCUT2D eigenvalue weighted by atomic mass is 10.2. The van der Waals surface area contributed by atoms with Gasteiger partial charge in [0.15, 0.2) is 5.82 Å². The second kappa shape index (κ2) is 4.94. The van der Waals surface area contributed by atoms with E-state index < -0.39 is 0 Å². The van der Waals surface area contributed by atoms with Gasteiger partial charge < -0.3 is 0 Å². The first-order valence-electron chi connectivity index (χ1n) is 5.99. The predicted octanol–water partition coefficient (Wildman–Crippen LogP) is 2.91. The van der Waals surface area contributed by atoms with E-state index in [-0.39, 0.29) is 0 Å². The first kappa shape index (κ1) is 11.5. The van der Waals surface area contributed by atoms with E-state index in [4.69, 9.17) is 0 Å². The normalized spacial score (nSPS) is 10.4. The second-order valence-electron chi connectivity index (χ2n) is 4.23. The predicted molar refractivity (Wildman–Crippen MR) is 73.2 cm³/mol. The molecule has 0 aromatic carbocycles. The maximum Gasteiger partial charge on any atom is 0.178 e. The van der Waals surface area contributed by atoms with E-state index in [1.165, 1.54) is 0 Å². The van der Waals surface area contributed by atoms with Gasteiger partial charge in [-0.2, -0.15) is 0 Å². The van der Waals surface area contributed by atoms with E-state index >= 15 is 0 Å². The molecule has 0 amide bonds. The van der Waals surface area contributed by atoms with E-state index in [1.807, 2.05) is 37.3 Å². The van der Waals surface area contributed by atoms with Crippen molar-refractivity contribution < 1.29 is 0 Å². The van der Waals surface area contributed by atoms with Gasteiger partial charge in [-0.1, -0.05) is 6.07 Å². The summed E-state index contributed by atoms with van der Waals surface area (Å²) in [6, 6.07) is 9.70. The van der Waals surface area contributed by atoms with Gasteiger partial charge in [0.05, 0.1) is 5.69 Å². The van der Waals surface area contributed by atoms with Crippen molar-refractivity contribution in [2.45, 2.75) is 6.92 Å². The molecule has 4 nitrogen and oxygen atoms in total. The Kier molecular flexibility index (Phi) is 2.98. The van der Waals surface area contributed by atoms with Crippen molar-refractivity contribution in [1.82, 2.24) is 19.9 Å². The zero-order valence-corrected chi connectivity index (χ0v) is 10.5. The van der Waals surface area contributed by atoms with Gasteiger partial charge in [0.2, 0.25) is 0 Å². The van der Waals surface area contributed by atoms with Crippen molar-refractivity contribution in [2.24, 2.45) is 0 Å².